The van der Waals surface area contributed by atoms with Crippen molar-refractivity contribution < 1.29 is 28.3 Å². The van der Waals surface area contributed by atoms with Gasteiger partial charge in [0.1, 0.15) is 5.75 Å². The van der Waals surface area contributed by atoms with E-state index in [0.29, 0.717) is 57.8 Å². The molecule has 0 aliphatic carbocycles. The summed E-state index contributed by atoms with van der Waals surface area (Å²) in [4.78, 5) is 17.7. The van der Waals surface area contributed by atoms with Gasteiger partial charge in [0, 0.05) is 5.56 Å². The molecule has 1 aromatic heterocycles. The van der Waals surface area contributed by atoms with E-state index in [9.17, 15) is 4.79 Å². The highest BCUT2D eigenvalue weighted by atomic mass is 16.5. The highest BCUT2D eigenvalue weighted by molar-refractivity contribution is 6.08. The number of hydrogen-bond donors (Lipinski definition) is 1. The fraction of sp³-hybridized carbons (Fsp3) is 0.192. The van der Waals surface area contributed by atoms with E-state index >= 15 is 0 Å². The first kappa shape index (κ1) is 23.6. The van der Waals surface area contributed by atoms with Gasteiger partial charge in [0.05, 0.1) is 44.8 Å². The second-order valence-electron chi connectivity index (χ2n) is 7.27. The molecule has 4 rings (SSSR count). The Morgan fingerprint density at radius 3 is 2.29 bits per heavy atom. The molecule has 1 N–H and O–H groups in total. The van der Waals surface area contributed by atoms with Gasteiger partial charge in [-0.05, 0) is 43.3 Å². The number of benzene rings is 3. The van der Waals surface area contributed by atoms with Gasteiger partial charge in [-0.25, -0.2) is 0 Å². The maximum absolute atomic E-state index is 13.2. The van der Waals surface area contributed by atoms with Crippen LogP contribution in [0.1, 0.15) is 17.3 Å². The monoisotopic (exact) mass is 475 g/mol. The van der Waals surface area contributed by atoms with Gasteiger partial charge < -0.3 is 28.8 Å². The van der Waals surface area contributed by atoms with E-state index in [1.165, 1.54) is 21.3 Å². The number of nitrogens with zero attached hydrogens (tertiary/aromatic N) is 2. The minimum atomic E-state index is -0.333. The average Bonchev–Trinajstić information content (AvgIpc) is 3.39. The number of ether oxygens (including phenoxy) is 4. The Balaban J connectivity index is 1.67. The molecular formula is C26H25N3O6. The van der Waals surface area contributed by atoms with Crippen LogP contribution in [-0.2, 0) is 0 Å². The smallest absolute Gasteiger partial charge is 0.259 e. The quantitative estimate of drug-likeness (QED) is 0.357. The third kappa shape index (κ3) is 4.89. The third-order valence-corrected chi connectivity index (χ3v) is 5.19. The Morgan fingerprint density at radius 1 is 0.914 bits per heavy atom. The van der Waals surface area contributed by atoms with Crippen molar-refractivity contribution >= 4 is 11.6 Å². The van der Waals surface area contributed by atoms with Gasteiger partial charge in [-0.2, -0.15) is 4.98 Å². The van der Waals surface area contributed by atoms with Crippen molar-refractivity contribution in [3.63, 3.8) is 0 Å². The van der Waals surface area contributed by atoms with Crippen molar-refractivity contribution in [3.8, 4) is 45.8 Å². The molecule has 0 atom stereocenters. The van der Waals surface area contributed by atoms with Gasteiger partial charge in [0.25, 0.3) is 11.8 Å². The van der Waals surface area contributed by atoms with Crippen LogP contribution in [0.15, 0.2) is 65.2 Å². The first-order valence-corrected chi connectivity index (χ1v) is 10.9. The van der Waals surface area contributed by atoms with Crippen LogP contribution < -0.4 is 24.3 Å². The summed E-state index contributed by atoms with van der Waals surface area (Å²) in [6, 6.07) is 17.7. The lowest BCUT2D eigenvalue weighted by Gasteiger charge is -2.12. The van der Waals surface area contributed by atoms with Gasteiger partial charge in [0.15, 0.2) is 11.5 Å². The lowest BCUT2D eigenvalue weighted by atomic mass is 10.1. The van der Waals surface area contributed by atoms with Crippen LogP contribution in [0.5, 0.6) is 23.0 Å². The number of para-hydroxylation sites is 2. The summed E-state index contributed by atoms with van der Waals surface area (Å²) in [5.41, 5.74) is 2.03. The van der Waals surface area contributed by atoms with Gasteiger partial charge in [-0.15, -0.1) is 0 Å². The Hall–Kier alpha value is -4.53. The molecule has 0 bridgehead atoms. The molecular weight excluding hydrogens is 450 g/mol. The number of methoxy groups -OCH3 is 3. The standard InChI is InChI=1S/C26H25N3O6/c1-5-34-20-13-9-8-12-19(20)27-25(30)17-10-6-7-11-18(17)26-28-24(29-35-26)16-14-21(31-2)23(33-4)22(15-16)32-3/h6-15H,5H2,1-4H3,(H,27,30). The molecule has 0 radical (unpaired) electrons. The molecule has 0 unspecified atom stereocenters. The number of amides is 1. The van der Waals surface area contributed by atoms with Crippen molar-refractivity contribution in [2.75, 3.05) is 33.3 Å². The molecule has 4 aromatic rings. The van der Waals surface area contributed by atoms with Crippen molar-refractivity contribution in [2.45, 2.75) is 6.92 Å². The first-order valence-electron chi connectivity index (χ1n) is 10.9. The van der Waals surface area contributed by atoms with Crippen molar-refractivity contribution in [3.05, 3.63) is 66.2 Å². The lowest BCUT2D eigenvalue weighted by Crippen LogP contribution is -2.14. The molecule has 180 valence electrons. The van der Waals surface area contributed by atoms with Crippen LogP contribution in [0.2, 0.25) is 0 Å². The van der Waals surface area contributed by atoms with Gasteiger partial charge in [-0.3, -0.25) is 4.79 Å². The predicted octanol–water partition coefficient (Wildman–Crippen LogP) is 5.08. The molecule has 0 saturated carbocycles. The van der Waals surface area contributed by atoms with Crippen LogP contribution in [0.4, 0.5) is 5.69 Å². The fourth-order valence-electron chi connectivity index (χ4n) is 3.57. The number of nitrogens with one attached hydrogen (secondary N) is 1. The Morgan fingerprint density at radius 2 is 1.60 bits per heavy atom. The Labute approximate surface area is 202 Å². The highest BCUT2D eigenvalue weighted by Gasteiger charge is 2.21. The van der Waals surface area contributed by atoms with Crippen LogP contribution >= 0.6 is 0 Å². The molecule has 0 saturated heterocycles. The molecule has 1 heterocycles. The van der Waals surface area contributed by atoms with E-state index in [1.807, 2.05) is 19.1 Å². The number of aromatic nitrogens is 2. The average molecular weight is 476 g/mol. The van der Waals surface area contributed by atoms with E-state index in [-0.39, 0.29) is 11.8 Å². The summed E-state index contributed by atoms with van der Waals surface area (Å²) < 4.78 is 27.3. The predicted molar refractivity (Wildman–Crippen MR) is 130 cm³/mol. The van der Waals surface area contributed by atoms with Gasteiger partial charge in [-0.1, -0.05) is 29.4 Å². The zero-order valence-corrected chi connectivity index (χ0v) is 19.8. The summed E-state index contributed by atoms with van der Waals surface area (Å²) in [6.45, 7) is 2.37. The van der Waals surface area contributed by atoms with E-state index < -0.39 is 0 Å². The Kier molecular flexibility index (Phi) is 7.15. The summed E-state index contributed by atoms with van der Waals surface area (Å²) in [5.74, 6) is 2.12. The molecule has 0 fully saturated rings. The first-order chi connectivity index (χ1) is 17.1. The highest BCUT2D eigenvalue weighted by Crippen LogP contribution is 2.41. The zero-order valence-electron chi connectivity index (χ0n) is 19.8. The number of hydrogen-bond acceptors (Lipinski definition) is 8. The molecule has 9 nitrogen and oxygen atoms in total. The van der Waals surface area contributed by atoms with Gasteiger partial charge >= 0.3 is 0 Å². The third-order valence-electron chi connectivity index (χ3n) is 5.19. The van der Waals surface area contributed by atoms with Crippen LogP contribution in [0.25, 0.3) is 22.8 Å². The summed E-state index contributed by atoms with van der Waals surface area (Å²) in [7, 11) is 4.59. The van der Waals surface area contributed by atoms with Crippen LogP contribution in [-0.4, -0.2) is 44.0 Å². The van der Waals surface area contributed by atoms with Crippen molar-refractivity contribution in [1.82, 2.24) is 10.1 Å². The van der Waals surface area contributed by atoms with E-state index in [0.717, 1.165) is 0 Å². The molecule has 35 heavy (non-hydrogen) atoms. The minimum absolute atomic E-state index is 0.192. The molecule has 3 aromatic carbocycles. The summed E-state index contributed by atoms with van der Waals surface area (Å²) in [6.07, 6.45) is 0. The van der Waals surface area contributed by atoms with E-state index in [1.54, 1.807) is 48.5 Å². The molecule has 0 spiro atoms. The number of rotatable bonds is 9. The minimum Gasteiger partial charge on any atom is -0.493 e. The van der Waals surface area contributed by atoms with E-state index in [2.05, 4.69) is 15.5 Å². The number of carbonyl (C=O) groups excluding carboxylic acids is 1. The maximum Gasteiger partial charge on any atom is 0.259 e. The van der Waals surface area contributed by atoms with Gasteiger partial charge in [0.2, 0.25) is 11.6 Å². The molecule has 9 heteroatoms. The topological polar surface area (TPSA) is 105 Å². The second kappa shape index (κ2) is 10.6. The van der Waals surface area contributed by atoms with Crippen molar-refractivity contribution in [1.29, 1.82) is 0 Å². The normalized spacial score (nSPS) is 10.5. The lowest BCUT2D eigenvalue weighted by molar-refractivity contribution is 0.102. The Bertz CT molecular complexity index is 1310. The number of carbonyl (C=O) groups is 1. The molecule has 0 aliphatic heterocycles. The maximum atomic E-state index is 13.2. The molecule has 1 amide bonds. The summed E-state index contributed by atoms with van der Waals surface area (Å²) >= 11 is 0. The fourth-order valence-corrected chi connectivity index (χ4v) is 3.57. The molecule has 0 aliphatic rings. The number of anilines is 1. The van der Waals surface area contributed by atoms with Crippen LogP contribution in [0, 0.1) is 0 Å². The summed E-state index contributed by atoms with van der Waals surface area (Å²) in [5, 5.41) is 7.00. The zero-order chi connectivity index (χ0) is 24.8. The second-order valence-corrected chi connectivity index (χ2v) is 7.27. The SMILES string of the molecule is CCOc1ccccc1NC(=O)c1ccccc1-c1nc(-c2cc(OC)c(OC)c(OC)c2)no1. The van der Waals surface area contributed by atoms with Crippen LogP contribution in [0.3, 0.4) is 0 Å². The largest absolute Gasteiger partial charge is 0.493 e. The van der Waals surface area contributed by atoms with E-state index in [4.69, 9.17) is 23.5 Å². The van der Waals surface area contributed by atoms with Crippen molar-refractivity contribution in [2.24, 2.45) is 0 Å².